The molecular weight excluding hydrogens is 344 g/mol. The van der Waals surface area contributed by atoms with E-state index in [4.69, 9.17) is 4.74 Å². The summed E-state index contributed by atoms with van der Waals surface area (Å²) in [5.41, 5.74) is 2.71. The quantitative estimate of drug-likeness (QED) is 0.635. The number of hydrogen-bond acceptors (Lipinski definition) is 4. The van der Waals surface area contributed by atoms with Crippen molar-refractivity contribution in [1.29, 1.82) is 0 Å². The molecule has 4 nitrogen and oxygen atoms in total. The van der Waals surface area contributed by atoms with Crippen LogP contribution in [0, 0.1) is 0 Å². The summed E-state index contributed by atoms with van der Waals surface area (Å²) >= 11 is 1.66. The lowest BCUT2D eigenvalue weighted by molar-refractivity contribution is 0.0951. The first kappa shape index (κ1) is 18.0. The molecule has 0 fully saturated rings. The summed E-state index contributed by atoms with van der Waals surface area (Å²) in [4.78, 5) is 17.4. The molecule has 1 aromatic heterocycles. The number of amides is 1. The minimum Gasteiger partial charge on any atom is -0.489 e. The van der Waals surface area contributed by atoms with Crippen LogP contribution in [-0.4, -0.2) is 17.1 Å². The van der Waals surface area contributed by atoms with Crippen molar-refractivity contribution in [3.63, 3.8) is 0 Å². The van der Waals surface area contributed by atoms with Crippen LogP contribution in [0.5, 0.6) is 5.75 Å². The van der Waals surface area contributed by atoms with Crippen LogP contribution < -0.4 is 10.1 Å². The van der Waals surface area contributed by atoms with Crippen LogP contribution in [0.1, 0.15) is 21.5 Å². The third-order valence-corrected chi connectivity index (χ3v) is 4.60. The highest BCUT2D eigenvalue weighted by Gasteiger charge is 2.05. The predicted molar refractivity (Wildman–Crippen MR) is 104 cm³/mol. The zero-order chi connectivity index (χ0) is 18.2. The molecule has 0 spiro atoms. The van der Waals surface area contributed by atoms with Gasteiger partial charge in [-0.3, -0.25) is 9.78 Å². The van der Waals surface area contributed by atoms with Gasteiger partial charge in [-0.1, -0.05) is 18.2 Å². The second kappa shape index (κ2) is 9.06. The Morgan fingerprint density at radius 3 is 2.46 bits per heavy atom. The molecule has 0 bridgehead atoms. The molecule has 0 aliphatic heterocycles. The van der Waals surface area contributed by atoms with E-state index in [1.165, 1.54) is 0 Å². The van der Waals surface area contributed by atoms with E-state index in [1.807, 2.05) is 66.9 Å². The Labute approximate surface area is 157 Å². The van der Waals surface area contributed by atoms with Gasteiger partial charge in [0.05, 0.1) is 0 Å². The van der Waals surface area contributed by atoms with E-state index >= 15 is 0 Å². The molecule has 1 amide bonds. The average Bonchev–Trinajstić information content (AvgIpc) is 2.72. The summed E-state index contributed by atoms with van der Waals surface area (Å²) in [6, 6.07) is 19.2. The van der Waals surface area contributed by atoms with Gasteiger partial charge < -0.3 is 10.1 Å². The highest BCUT2D eigenvalue weighted by atomic mass is 32.2. The number of ether oxygens (including phenoxy) is 1. The summed E-state index contributed by atoms with van der Waals surface area (Å²) in [6.07, 6.45) is 5.54. The Morgan fingerprint density at radius 2 is 1.81 bits per heavy atom. The molecule has 132 valence electrons. The highest BCUT2D eigenvalue weighted by molar-refractivity contribution is 7.98. The van der Waals surface area contributed by atoms with Gasteiger partial charge in [0.25, 0.3) is 5.91 Å². The molecule has 2 aromatic carbocycles. The Kier molecular flexibility index (Phi) is 6.28. The number of benzene rings is 2. The zero-order valence-electron chi connectivity index (χ0n) is 14.5. The van der Waals surface area contributed by atoms with Crippen molar-refractivity contribution in [2.24, 2.45) is 0 Å². The Bertz CT molecular complexity index is 834. The number of carbonyl (C=O) groups is 1. The van der Waals surface area contributed by atoms with Crippen LogP contribution in [0.3, 0.4) is 0 Å². The molecule has 3 aromatic rings. The molecule has 0 atom stereocenters. The fourth-order valence-corrected chi connectivity index (χ4v) is 2.79. The molecule has 0 saturated carbocycles. The zero-order valence-corrected chi connectivity index (χ0v) is 15.3. The Hall–Kier alpha value is -2.79. The van der Waals surface area contributed by atoms with E-state index in [1.54, 1.807) is 24.2 Å². The largest absolute Gasteiger partial charge is 0.489 e. The minimum absolute atomic E-state index is 0.0745. The Balaban J connectivity index is 1.49. The van der Waals surface area contributed by atoms with Gasteiger partial charge in [0.1, 0.15) is 12.4 Å². The molecule has 26 heavy (non-hydrogen) atoms. The first-order valence-corrected chi connectivity index (χ1v) is 9.50. The number of hydrogen-bond donors (Lipinski definition) is 1. The average molecular weight is 364 g/mol. The van der Waals surface area contributed by atoms with Gasteiger partial charge in [0.2, 0.25) is 0 Å². The summed E-state index contributed by atoms with van der Waals surface area (Å²) in [5, 5.41) is 2.94. The second-order valence-electron chi connectivity index (χ2n) is 5.71. The van der Waals surface area contributed by atoms with Crippen LogP contribution in [0.15, 0.2) is 78.0 Å². The number of carbonyl (C=O) groups excluding carboxylic acids is 1. The molecule has 1 heterocycles. The number of rotatable bonds is 7. The van der Waals surface area contributed by atoms with Crippen molar-refractivity contribution >= 4 is 17.7 Å². The Morgan fingerprint density at radius 1 is 1.04 bits per heavy atom. The van der Waals surface area contributed by atoms with Gasteiger partial charge in [-0.25, -0.2) is 0 Å². The molecule has 0 aliphatic carbocycles. The first-order valence-electron chi connectivity index (χ1n) is 8.27. The molecule has 5 heteroatoms. The summed E-state index contributed by atoms with van der Waals surface area (Å²) in [6.45, 7) is 0.960. The number of pyridine rings is 1. The van der Waals surface area contributed by atoms with E-state index < -0.39 is 0 Å². The maximum absolute atomic E-state index is 12.2. The van der Waals surface area contributed by atoms with Crippen molar-refractivity contribution in [3.8, 4) is 5.75 Å². The smallest absolute Gasteiger partial charge is 0.251 e. The molecule has 0 saturated heterocycles. The minimum atomic E-state index is -0.0745. The summed E-state index contributed by atoms with van der Waals surface area (Å²) < 4.78 is 5.73. The molecule has 1 N–H and O–H groups in total. The van der Waals surface area contributed by atoms with Crippen LogP contribution in [0.4, 0.5) is 0 Å². The fourth-order valence-electron chi connectivity index (χ4n) is 2.38. The summed E-state index contributed by atoms with van der Waals surface area (Å²) in [5.74, 6) is 0.714. The fraction of sp³-hybridized carbons (Fsp3) is 0.143. The van der Waals surface area contributed by atoms with Crippen molar-refractivity contribution < 1.29 is 9.53 Å². The number of nitrogens with zero attached hydrogens (tertiary/aromatic N) is 1. The van der Waals surface area contributed by atoms with Gasteiger partial charge in [0.15, 0.2) is 0 Å². The molecule has 0 aliphatic rings. The lowest BCUT2D eigenvalue weighted by Crippen LogP contribution is -2.22. The highest BCUT2D eigenvalue weighted by Crippen LogP contribution is 2.16. The van der Waals surface area contributed by atoms with Crippen LogP contribution >= 0.6 is 11.8 Å². The van der Waals surface area contributed by atoms with Crippen LogP contribution in [0.25, 0.3) is 0 Å². The van der Waals surface area contributed by atoms with E-state index in [0.29, 0.717) is 18.7 Å². The monoisotopic (exact) mass is 364 g/mol. The maximum Gasteiger partial charge on any atom is 0.251 e. The van der Waals surface area contributed by atoms with Gasteiger partial charge in [0, 0.05) is 35.0 Å². The van der Waals surface area contributed by atoms with Crippen LogP contribution in [0.2, 0.25) is 0 Å². The molecule has 0 radical (unpaired) electrons. The van der Waals surface area contributed by atoms with Gasteiger partial charge in [-0.15, -0.1) is 11.8 Å². The molecule has 3 rings (SSSR count). The number of nitrogens with one attached hydrogen (secondary N) is 1. The topological polar surface area (TPSA) is 51.2 Å². The van der Waals surface area contributed by atoms with Gasteiger partial charge in [-0.2, -0.15) is 0 Å². The number of aromatic nitrogens is 1. The van der Waals surface area contributed by atoms with Crippen molar-refractivity contribution in [2.45, 2.75) is 18.0 Å². The van der Waals surface area contributed by atoms with Gasteiger partial charge in [-0.05, 0) is 54.3 Å². The SMILES string of the molecule is CSc1ccc(C(=O)NCc2ccc(OCc3cccnc3)cc2)cc1. The van der Waals surface area contributed by atoms with Crippen molar-refractivity contribution in [3.05, 3.63) is 89.7 Å². The van der Waals surface area contributed by atoms with E-state index in [-0.39, 0.29) is 5.91 Å². The normalized spacial score (nSPS) is 10.3. The van der Waals surface area contributed by atoms with E-state index in [0.717, 1.165) is 21.8 Å². The third-order valence-electron chi connectivity index (χ3n) is 3.86. The summed E-state index contributed by atoms with van der Waals surface area (Å²) in [7, 11) is 0. The van der Waals surface area contributed by atoms with E-state index in [2.05, 4.69) is 10.3 Å². The maximum atomic E-state index is 12.2. The van der Waals surface area contributed by atoms with Gasteiger partial charge >= 0.3 is 0 Å². The lowest BCUT2D eigenvalue weighted by Gasteiger charge is -2.08. The molecule has 0 unspecified atom stereocenters. The van der Waals surface area contributed by atoms with Crippen molar-refractivity contribution in [1.82, 2.24) is 10.3 Å². The predicted octanol–water partition coefficient (Wildman–Crippen LogP) is 4.31. The standard InChI is InChI=1S/C21H20N2O2S/c1-26-20-10-6-18(7-11-20)21(24)23-14-16-4-8-19(9-5-16)25-15-17-3-2-12-22-13-17/h2-13H,14-15H2,1H3,(H,23,24). The molecular formula is C21H20N2O2S. The second-order valence-corrected chi connectivity index (χ2v) is 6.58. The number of thioether (sulfide) groups is 1. The third kappa shape index (κ3) is 5.10. The van der Waals surface area contributed by atoms with Crippen molar-refractivity contribution in [2.75, 3.05) is 6.26 Å². The van der Waals surface area contributed by atoms with Crippen LogP contribution in [-0.2, 0) is 13.2 Å². The lowest BCUT2D eigenvalue weighted by atomic mass is 10.2. The first-order chi connectivity index (χ1) is 12.7. The van der Waals surface area contributed by atoms with E-state index in [9.17, 15) is 4.79 Å².